The summed E-state index contributed by atoms with van der Waals surface area (Å²) >= 11 is 5.92. The Morgan fingerprint density at radius 2 is 1.64 bits per heavy atom. The Morgan fingerprint density at radius 3 is 2.39 bits per heavy atom. The molecule has 0 saturated carbocycles. The lowest BCUT2D eigenvalue weighted by atomic mass is 10.1. The van der Waals surface area contributed by atoms with Gasteiger partial charge in [0.15, 0.2) is 6.10 Å². The molecule has 2 aliphatic rings. The SMILES string of the molecule is O=C1CN(C(=O)[C@@H]2CN(S(=O)(=O)c3ccc(Cl)cc3)c3ccccc3O2)c2ccccc2N1. The van der Waals surface area contributed by atoms with Gasteiger partial charge in [0.1, 0.15) is 12.3 Å². The molecule has 1 atom stereocenters. The Kier molecular flexibility index (Phi) is 5.22. The number of halogens is 1. The minimum Gasteiger partial charge on any atom is -0.476 e. The topological polar surface area (TPSA) is 96.0 Å². The molecule has 0 unspecified atom stereocenters. The van der Waals surface area contributed by atoms with Gasteiger partial charge in [0.25, 0.3) is 15.9 Å². The molecule has 2 heterocycles. The quantitative estimate of drug-likeness (QED) is 0.616. The summed E-state index contributed by atoms with van der Waals surface area (Å²) in [4.78, 5) is 27.1. The average molecular weight is 484 g/mol. The van der Waals surface area contributed by atoms with Crippen LogP contribution in [-0.2, 0) is 19.6 Å². The molecule has 0 aliphatic carbocycles. The van der Waals surface area contributed by atoms with Crippen molar-refractivity contribution >= 4 is 50.5 Å². The summed E-state index contributed by atoms with van der Waals surface area (Å²) in [5.41, 5.74) is 1.36. The van der Waals surface area contributed by atoms with Crippen LogP contribution in [0.5, 0.6) is 5.75 Å². The van der Waals surface area contributed by atoms with E-state index in [4.69, 9.17) is 16.3 Å². The second-order valence-electron chi connectivity index (χ2n) is 7.55. The number of carbonyl (C=O) groups is 2. The molecule has 33 heavy (non-hydrogen) atoms. The van der Waals surface area contributed by atoms with E-state index in [1.165, 1.54) is 29.2 Å². The number of hydrogen-bond acceptors (Lipinski definition) is 5. The minimum atomic E-state index is -4.02. The Hall–Kier alpha value is -3.56. The zero-order valence-electron chi connectivity index (χ0n) is 17.1. The lowest BCUT2D eigenvalue weighted by molar-refractivity contribution is -0.127. The fourth-order valence-electron chi connectivity index (χ4n) is 3.90. The number of nitrogens with zero attached hydrogens (tertiary/aromatic N) is 2. The second-order valence-corrected chi connectivity index (χ2v) is 9.85. The summed E-state index contributed by atoms with van der Waals surface area (Å²) in [5, 5.41) is 3.14. The molecule has 10 heteroatoms. The van der Waals surface area contributed by atoms with E-state index in [0.29, 0.717) is 22.1 Å². The third-order valence-corrected chi connectivity index (χ3v) is 7.49. The van der Waals surface area contributed by atoms with Crippen molar-refractivity contribution in [2.24, 2.45) is 0 Å². The second kappa shape index (κ2) is 8.09. The van der Waals surface area contributed by atoms with Crippen LogP contribution in [0.15, 0.2) is 77.7 Å². The number of rotatable bonds is 3. The predicted molar refractivity (Wildman–Crippen MR) is 124 cm³/mol. The number of para-hydroxylation sites is 4. The van der Waals surface area contributed by atoms with Crippen molar-refractivity contribution in [3.63, 3.8) is 0 Å². The van der Waals surface area contributed by atoms with Gasteiger partial charge >= 0.3 is 0 Å². The number of nitrogens with one attached hydrogen (secondary N) is 1. The number of hydrogen-bond donors (Lipinski definition) is 1. The number of fused-ring (bicyclic) bond motifs is 2. The fraction of sp³-hybridized carbons (Fsp3) is 0.130. The van der Waals surface area contributed by atoms with E-state index < -0.39 is 22.0 Å². The van der Waals surface area contributed by atoms with Gasteiger partial charge in [-0.15, -0.1) is 0 Å². The van der Waals surface area contributed by atoms with Crippen molar-refractivity contribution in [1.29, 1.82) is 0 Å². The van der Waals surface area contributed by atoms with E-state index in [2.05, 4.69) is 5.32 Å². The largest absolute Gasteiger partial charge is 0.476 e. The highest BCUT2D eigenvalue weighted by atomic mass is 35.5. The Balaban J connectivity index is 1.53. The molecular weight excluding hydrogens is 466 g/mol. The fourth-order valence-corrected chi connectivity index (χ4v) is 5.50. The van der Waals surface area contributed by atoms with Crippen molar-refractivity contribution in [3.8, 4) is 5.75 Å². The van der Waals surface area contributed by atoms with Crippen LogP contribution in [0.2, 0.25) is 5.02 Å². The molecule has 0 aromatic heterocycles. The minimum absolute atomic E-state index is 0.0393. The number of ether oxygens (including phenoxy) is 1. The molecule has 1 N–H and O–H groups in total. The van der Waals surface area contributed by atoms with Crippen molar-refractivity contribution in [3.05, 3.63) is 77.8 Å². The first-order valence-corrected chi connectivity index (χ1v) is 11.9. The third-order valence-electron chi connectivity index (χ3n) is 5.45. The normalized spacial score (nSPS) is 17.5. The summed E-state index contributed by atoms with van der Waals surface area (Å²) < 4.78 is 34.1. The van der Waals surface area contributed by atoms with Crippen LogP contribution in [0.3, 0.4) is 0 Å². The highest BCUT2D eigenvalue weighted by Crippen LogP contribution is 2.38. The van der Waals surface area contributed by atoms with E-state index >= 15 is 0 Å². The standard InChI is InChI=1S/C23H18ClN3O5S/c24-15-9-11-16(12-10-15)33(30,31)27-13-21(32-20-8-4-3-7-19(20)27)23(29)26-14-22(28)25-17-5-1-2-6-18(17)26/h1-12,21H,13-14H2,(H,25,28)/t21-/m0/s1. The van der Waals surface area contributed by atoms with Gasteiger partial charge in [-0.25, -0.2) is 8.42 Å². The molecule has 2 aliphatic heterocycles. The molecule has 8 nitrogen and oxygen atoms in total. The first-order chi connectivity index (χ1) is 15.8. The van der Waals surface area contributed by atoms with Crippen molar-refractivity contribution in [1.82, 2.24) is 0 Å². The van der Waals surface area contributed by atoms with Gasteiger partial charge in [0.05, 0.1) is 28.5 Å². The van der Waals surface area contributed by atoms with Gasteiger partial charge < -0.3 is 10.1 Å². The summed E-state index contributed by atoms with van der Waals surface area (Å²) in [6, 6.07) is 19.3. The van der Waals surface area contributed by atoms with Crippen LogP contribution in [0.4, 0.5) is 17.1 Å². The first-order valence-electron chi connectivity index (χ1n) is 10.1. The van der Waals surface area contributed by atoms with Gasteiger partial charge in [-0.1, -0.05) is 35.9 Å². The van der Waals surface area contributed by atoms with E-state index in [9.17, 15) is 18.0 Å². The van der Waals surface area contributed by atoms with Gasteiger partial charge in [-0.3, -0.25) is 18.8 Å². The van der Waals surface area contributed by atoms with E-state index in [1.54, 1.807) is 48.5 Å². The maximum Gasteiger partial charge on any atom is 0.270 e. The molecule has 5 rings (SSSR count). The van der Waals surface area contributed by atoms with E-state index in [-0.39, 0.29) is 29.6 Å². The maximum atomic E-state index is 13.5. The predicted octanol–water partition coefficient (Wildman–Crippen LogP) is 3.28. The van der Waals surface area contributed by atoms with Crippen LogP contribution in [0.25, 0.3) is 0 Å². The van der Waals surface area contributed by atoms with E-state index in [0.717, 1.165) is 4.31 Å². The highest BCUT2D eigenvalue weighted by molar-refractivity contribution is 7.92. The highest BCUT2D eigenvalue weighted by Gasteiger charge is 2.40. The van der Waals surface area contributed by atoms with Crippen LogP contribution in [0.1, 0.15) is 0 Å². The van der Waals surface area contributed by atoms with Crippen LogP contribution < -0.4 is 19.3 Å². The van der Waals surface area contributed by atoms with Crippen molar-refractivity contribution in [2.45, 2.75) is 11.0 Å². The number of benzene rings is 3. The summed E-state index contributed by atoms with van der Waals surface area (Å²) in [6.07, 6.45) is -1.15. The van der Waals surface area contributed by atoms with Crippen LogP contribution in [-0.4, -0.2) is 39.4 Å². The van der Waals surface area contributed by atoms with Gasteiger partial charge in [0, 0.05) is 5.02 Å². The smallest absolute Gasteiger partial charge is 0.270 e. The van der Waals surface area contributed by atoms with Gasteiger partial charge in [-0.2, -0.15) is 0 Å². The van der Waals surface area contributed by atoms with Gasteiger partial charge in [-0.05, 0) is 48.5 Å². The number of anilines is 3. The Bertz CT molecular complexity index is 1360. The summed E-state index contributed by atoms with van der Waals surface area (Å²) in [5.74, 6) is -0.596. The van der Waals surface area contributed by atoms with E-state index in [1.807, 2.05) is 0 Å². The molecule has 2 amide bonds. The lowest BCUT2D eigenvalue weighted by Gasteiger charge is -2.37. The summed E-state index contributed by atoms with van der Waals surface area (Å²) in [7, 11) is -4.02. The molecule has 3 aromatic rings. The number of carbonyl (C=O) groups excluding carboxylic acids is 2. The summed E-state index contributed by atoms with van der Waals surface area (Å²) in [6.45, 7) is -0.442. The zero-order chi connectivity index (χ0) is 23.2. The van der Waals surface area contributed by atoms with Crippen LogP contribution in [0, 0.1) is 0 Å². The number of sulfonamides is 1. The number of amides is 2. The van der Waals surface area contributed by atoms with Crippen LogP contribution >= 0.6 is 11.6 Å². The maximum absolute atomic E-state index is 13.5. The molecule has 168 valence electrons. The molecule has 0 bridgehead atoms. The third kappa shape index (κ3) is 3.79. The Morgan fingerprint density at radius 1 is 0.970 bits per heavy atom. The van der Waals surface area contributed by atoms with Gasteiger partial charge in [0.2, 0.25) is 5.91 Å². The molecule has 0 radical (unpaired) electrons. The molecule has 0 fully saturated rings. The average Bonchev–Trinajstić information content (AvgIpc) is 2.82. The molecule has 0 spiro atoms. The van der Waals surface area contributed by atoms with Crippen molar-refractivity contribution in [2.75, 3.05) is 27.6 Å². The first kappa shape index (κ1) is 21.3. The zero-order valence-corrected chi connectivity index (χ0v) is 18.7. The van der Waals surface area contributed by atoms with Crippen molar-refractivity contribution < 1.29 is 22.7 Å². The lowest BCUT2D eigenvalue weighted by Crippen LogP contribution is -2.54. The molecular formula is C23H18ClN3O5S. The molecule has 3 aromatic carbocycles. The molecule has 0 saturated heterocycles. The monoisotopic (exact) mass is 483 g/mol. The Labute approximate surface area is 195 Å².